The van der Waals surface area contributed by atoms with E-state index < -0.39 is 11.2 Å². The monoisotopic (exact) mass is 238 g/mol. The molecule has 1 saturated heterocycles. The van der Waals surface area contributed by atoms with Gasteiger partial charge >= 0.3 is 0 Å². The van der Waals surface area contributed by atoms with Crippen molar-refractivity contribution >= 4 is 5.78 Å². The Morgan fingerprint density at radius 1 is 1.53 bits per heavy atom. The smallest absolute Gasteiger partial charge is 0.165 e. The molecule has 4 heteroatoms. The van der Waals surface area contributed by atoms with Crippen LogP contribution in [0.3, 0.4) is 0 Å². The van der Waals surface area contributed by atoms with Crippen molar-refractivity contribution in [2.75, 3.05) is 19.8 Å². The number of hydrogen-bond donors (Lipinski definition) is 0. The van der Waals surface area contributed by atoms with Crippen molar-refractivity contribution in [3.63, 3.8) is 0 Å². The summed E-state index contributed by atoms with van der Waals surface area (Å²) in [4.78, 5) is 11.6. The molecule has 0 aliphatic carbocycles. The normalized spacial score (nSPS) is 17.4. The van der Waals surface area contributed by atoms with Crippen molar-refractivity contribution in [1.82, 2.24) is 0 Å². The number of rotatable bonds is 4. The lowest BCUT2D eigenvalue weighted by molar-refractivity contribution is -0.140. The van der Waals surface area contributed by atoms with Crippen molar-refractivity contribution in [3.8, 4) is 5.75 Å². The maximum Gasteiger partial charge on any atom is 0.165 e. The van der Waals surface area contributed by atoms with Gasteiger partial charge in [0.15, 0.2) is 11.6 Å². The first-order valence-corrected chi connectivity index (χ1v) is 5.62. The van der Waals surface area contributed by atoms with Crippen molar-refractivity contribution in [2.45, 2.75) is 19.3 Å². The quantitative estimate of drug-likeness (QED) is 0.805. The lowest BCUT2D eigenvalue weighted by Crippen LogP contribution is -2.52. The van der Waals surface area contributed by atoms with Crippen molar-refractivity contribution in [3.05, 3.63) is 29.6 Å². The molecular formula is C13H15FO3. The standard InChI is InChI=1S/C13H15FO3/c1-3-17-12-5-4-10(6-11(12)14)13(9(2)15)7-16-8-13/h4-6H,3,7-8H2,1-2H3. The molecule has 0 atom stereocenters. The lowest BCUT2D eigenvalue weighted by atomic mass is 9.75. The van der Waals surface area contributed by atoms with E-state index in [4.69, 9.17) is 9.47 Å². The number of carbonyl (C=O) groups is 1. The second-order valence-electron chi connectivity index (χ2n) is 4.21. The molecule has 0 spiro atoms. The minimum atomic E-state index is -0.661. The third kappa shape index (κ3) is 1.93. The second-order valence-corrected chi connectivity index (χ2v) is 4.21. The highest BCUT2D eigenvalue weighted by molar-refractivity contribution is 5.89. The molecule has 0 amide bonds. The molecule has 2 rings (SSSR count). The van der Waals surface area contributed by atoms with Crippen LogP contribution < -0.4 is 4.74 Å². The Morgan fingerprint density at radius 2 is 2.24 bits per heavy atom. The summed E-state index contributed by atoms with van der Waals surface area (Å²) in [6, 6.07) is 4.67. The Balaban J connectivity index is 2.34. The van der Waals surface area contributed by atoms with Gasteiger partial charge < -0.3 is 9.47 Å². The predicted molar refractivity (Wildman–Crippen MR) is 60.7 cm³/mol. The fourth-order valence-electron chi connectivity index (χ4n) is 1.95. The number of benzene rings is 1. The van der Waals surface area contributed by atoms with Crippen LogP contribution in [0.15, 0.2) is 18.2 Å². The molecule has 1 heterocycles. The molecular weight excluding hydrogens is 223 g/mol. The third-order valence-electron chi connectivity index (χ3n) is 3.16. The molecule has 1 aromatic rings. The maximum atomic E-state index is 13.7. The first kappa shape index (κ1) is 12.0. The number of hydrogen-bond acceptors (Lipinski definition) is 3. The molecule has 1 fully saturated rings. The van der Waals surface area contributed by atoms with Gasteiger partial charge in [-0.1, -0.05) is 6.07 Å². The van der Waals surface area contributed by atoms with Gasteiger partial charge in [-0.05, 0) is 31.5 Å². The highest BCUT2D eigenvalue weighted by atomic mass is 19.1. The zero-order valence-corrected chi connectivity index (χ0v) is 9.96. The molecule has 0 N–H and O–H groups in total. The van der Waals surface area contributed by atoms with Gasteiger partial charge in [-0.2, -0.15) is 0 Å². The molecule has 1 aliphatic heterocycles. The number of Topliss-reactive ketones (excluding diaryl/α,β-unsaturated/α-hetero) is 1. The van der Waals surface area contributed by atoms with Gasteiger partial charge in [0.1, 0.15) is 11.2 Å². The van der Waals surface area contributed by atoms with E-state index in [1.165, 1.54) is 13.0 Å². The number of halogens is 1. The van der Waals surface area contributed by atoms with Crippen LogP contribution in [-0.2, 0) is 14.9 Å². The van der Waals surface area contributed by atoms with Crippen LogP contribution in [0.4, 0.5) is 4.39 Å². The van der Waals surface area contributed by atoms with E-state index in [1.807, 2.05) is 0 Å². The average molecular weight is 238 g/mol. The van der Waals surface area contributed by atoms with Crippen LogP contribution in [0.2, 0.25) is 0 Å². The van der Waals surface area contributed by atoms with Gasteiger partial charge in [0.2, 0.25) is 0 Å². The fourth-order valence-corrected chi connectivity index (χ4v) is 1.95. The Labute approximate surface area is 99.5 Å². The Hall–Kier alpha value is -1.42. The number of ketones is 1. The minimum absolute atomic E-state index is 0.00677. The Kier molecular flexibility index (Phi) is 3.15. The van der Waals surface area contributed by atoms with E-state index >= 15 is 0 Å². The summed E-state index contributed by atoms with van der Waals surface area (Å²) in [5, 5.41) is 0. The average Bonchev–Trinajstić information content (AvgIpc) is 2.20. The van der Waals surface area contributed by atoms with Crippen LogP contribution in [-0.4, -0.2) is 25.6 Å². The second kappa shape index (κ2) is 4.45. The molecule has 1 aromatic carbocycles. The van der Waals surface area contributed by atoms with Crippen molar-refractivity contribution < 1.29 is 18.7 Å². The Morgan fingerprint density at radius 3 is 2.65 bits per heavy atom. The van der Waals surface area contributed by atoms with Gasteiger partial charge in [0.25, 0.3) is 0 Å². The fraction of sp³-hybridized carbons (Fsp3) is 0.462. The van der Waals surface area contributed by atoms with Crippen LogP contribution in [0.25, 0.3) is 0 Å². The summed E-state index contributed by atoms with van der Waals surface area (Å²) >= 11 is 0. The SMILES string of the molecule is CCOc1ccc(C2(C(C)=O)COC2)cc1F. The van der Waals surface area contributed by atoms with Crippen LogP contribution >= 0.6 is 0 Å². The van der Waals surface area contributed by atoms with Gasteiger partial charge in [-0.15, -0.1) is 0 Å². The topological polar surface area (TPSA) is 35.5 Å². The summed E-state index contributed by atoms with van der Waals surface area (Å²) < 4.78 is 23.9. The largest absolute Gasteiger partial charge is 0.491 e. The number of carbonyl (C=O) groups excluding carboxylic acids is 1. The molecule has 0 bridgehead atoms. The highest BCUT2D eigenvalue weighted by Crippen LogP contribution is 2.35. The lowest BCUT2D eigenvalue weighted by Gasteiger charge is -2.39. The highest BCUT2D eigenvalue weighted by Gasteiger charge is 2.45. The predicted octanol–water partition coefficient (Wildman–Crippen LogP) is 2.08. The van der Waals surface area contributed by atoms with E-state index in [0.29, 0.717) is 25.4 Å². The molecule has 0 saturated carbocycles. The first-order valence-electron chi connectivity index (χ1n) is 5.62. The summed E-state index contributed by atoms with van der Waals surface area (Å²) in [6.45, 7) is 4.38. The van der Waals surface area contributed by atoms with Crippen LogP contribution in [0.5, 0.6) is 5.75 Å². The molecule has 0 aromatic heterocycles. The van der Waals surface area contributed by atoms with Crippen molar-refractivity contribution in [2.24, 2.45) is 0 Å². The maximum absolute atomic E-state index is 13.7. The van der Waals surface area contributed by atoms with E-state index in [1.54, 1.807) is 19.1 Å². The molecule has 1 aliphatic rings. The molecule has 17 heavy (non-hydrogen) atoms. The zero-order chi connectivity index (χ0) is 12.5. The van der Waals surface area contributed by atoms with E-state index in [0.717, 1.165) is 0 Å². The van der Waals surface area contributed by atoms with Gasteiger partial charge in [-0.3, -0.25) is 4.79 Å². The third-order valence-corrected chi connectivity index (χ3v) is 3.16. The first-order chi connectivity index (χ1) is 8.10. The molecule has 0 radical (unpaired) electrons. The summed E-state index contributed by atoms with van der Waals surface area (Å²) in [5.74, 6) is -0.209. The van der Waals surface area contributed by atoms with E-state index in [-0.39, 0.29) is 11.5 Å². The number of ether oxygens (including phenoxy) is 2. The molecule has 92 valence electrons. The van der Waals surface area contributed by atoms with Crippen molar-refractivity contribution in [1.29, 1.82) is 0 Å². The Bertz CT molecular complexity index is 438. The molecule has 3 nitrogen and oxygen atoms in total. The minimum Gasteiger partial charge on any atom is -0.491 e. The van der Waals surface area contributed by atoms with Gasteiger partial charge in [-0.25, -0.2) is 4.39 Å². The summed E-state index contributed by atoms with van der Waals surface area (Å²) in [6.07, 6.45) is 0. The van der Waals surface area contributed by atoms with Crippen LogP contribution in [0.1, 0.15) is 19.4 Å². The van der Waals surface area contributed by atoms with Crippen LogP contribution in [0, 0.1) is 5.82 Å². The van der Waals surface area contributed by atoms with Gasteiger partial charge in [0, 0.05) is 0 Å². The zero-order valence-electron chi connectivity index (χ0n) is 9.96. The van der Waals surface area contributed by atoms with E-state index in [2.05, 4.69) is 0 Å². The summed E-state index contributed by atoms with van der Waals surface area (Å²) in [7, 11) is 0. The van der Waals surface area contributed by atoms with E-state index in [9.17, 15) is 9.18 Å². The molecule has 0 unspecified atom stereocenters. The summed E-state index contributed by atoms with van der Waals surface area (Å²) in [5.41, 5.74) is 0.00295. The van der Waals surface area contributed by atoms with Gasteiger partial charge in [0.05, 0.1) is 19.8 Å².